The van der Waals surface area contributed by atoms with Gasteiger partial charge in [0.1, 0.15) is 17.3 Å². The molecule has 1 atom stereocenters. The van der Waals surface area contributed by atoms with E-state index in [2.05, 4.69) is 10.4 Å². The van der Waals surface area contributed by atoms with Crippen LogP contribution in [0.3, 0.4) is 0 Å². The average Bonchev–Trinajstić information content (AvgIpc) is 3.11. The van der Waals surface area contributed by atoms with E-state index in [-0.39, 0.29) is 11.4 Å². The quantitative estimate of drug-likeness (QED) is 0.886. The number of carbonyl (C=O) groups is 1. The summed E-state index contributed by atoms with van der Waals surface area (Å²) < 4.78 is 24.2. The SMILES string of the molecule is COc1ccc(C(=O)Nc2c3c(nn2C(C)(C)C)CS(=O)C3)c(OC)c1. The van der Waals surface area contributed by atoms with Gasteiger partial charge in [0.2, 0.25) is 0 Å². The van der Waals surface area contributed by atoms with Crippen molar-refractivity contribution in [2.24, 2.45) is 0 Å². The fraction of sp³-hybridized carbons (Fsp3) is 0.444. The maximum absolute atomic E-state index is 12.9. The average molecular weight is 377 g/mol. The lowest BCUT2D eigenvalue weighted by Gasteiger charge is -2.23. The van der Waals surface area contributed by atoms with E-state index >= 15 is 0 Å². The zero-order valence-corrected chi connectivity index (χ0v) is 16.4. The zero-order chi connectivity index (χ0) is 19.1. The Kier molecular flexibility index (Phi) is 4.79. The molecule has 1 unspecified atom stereocenters. The van der Waals surface area contributed by atoms with E-state index in [0.717, 1.165) is 11.3 Å². The summed E-state index contributed by atoms with van der Waals surface area (Å²) in [6, 6.07) is 5.02. The van der Waals surface area contributed by atoms with Gasteiger partial charge in [-0.1, -0.05) is 0 Å². The molecule has 0 fully saturated rings. The van der Waals surface area contributed by atoms with Crippen LogP contribution in [-0.2, 0) is 27.8 Å². The number of ether oxygens (including phenoxy) is 2. The van der Waals surface area contributed by atoms with Crippen LogP contribution in [0.1, 0.15) is 42.4 Å². The number of nitrogens with one attached hydrogen (secondary N) is 1. The van der Waals surface area contributed by atoms with Crippen molar-refractivity contribution in [3.8, 4) is 11.5 Å². The molecule has 0 aliphatic carbocycles. The van der Waals surface area contributed by atoms with Gasteiger partial charge in [-0.15, -0.1) is 0 Å². The summed E-state index contributed by atoms with van der Waals surface area (Å²) in [6.07, 6.45) is 0. The highest BCUT2D eigenvalue weighted by Gasteiger charge is 2.31. The van der Waals surface area contributed by atoms with Gasteiger partial charge in [0, 0.05) is 22.4 Å². The Morgan fingerprint density at radius 1 is 1.23 bits per heavy atom. The number of anilines is 1. The standard InChI is InChI=1S/C18H23N3O4S/c1-18(2,3)21-16(13-9-26(23)10-14(13)20-21)19-17(22)12-7-6-11(24-4)8-15(12)25-5/h6-8H,9-10H2,1-5H3,(H,19,22). The first-order valence-corrected chi connectivity index (χ1v) is 9.73. The van der Waals surface area contributed by atoms with Crippen molar-refractivity contribution in [1.82, 2.24) is 9.78 Å². The molecule has 1 aromatic heterocycles. The predicted octanol–water partition coefficient (Wildman–Crippen LogP) is 2.67. The first kappa shape index (κ1) is 18.4. The van der Waals surface area contributed by atoms with E-state index < -0.39 is 10.8 Å². The second kappa shape index (κ2) is 6.75. The molecule has 7 nitrogen and oxygen atoms in total. The lowest BCUT2D eigenvalue weighted by atomic mass is 10.1. The summed E-state index contributed by atoms with van der Waals surface area (Å²) in [4.78, 5) is 12.9. The van der Waals surface area contributed by atoms with Crippen LogP contribution in [0.25, 0.3) is 0 Å². The highest BCUT2D eigenvalue weighted by Crippen LogP contribution is 2.34. The number of nitrogens with zero attached hydrogens (tertiary/aromatic N) is 2. The third-order valence-electron chi connectivity index (χ3n) is 4.19. The monoisotopic (exact) mass is 377 g/mol. The van der Waals surface area contributed by atoms with Crippen LogP contribution in [0, 0.1) is 0 Å². The van der Waals surface area contributed by atoms with E-state index in [1.54, 1.807) is 30.0 Å². The maximum atomic E-state index is 12.9. The molecule has 0 radical (unpaired) electrons. The Morgan fingerprint density at radius 3 is 2.58 bits per heavy atom. The van der Waals surface area contributed by atoms with Gasteiger partial charge in [0.15, 0.2) is 0 Å². The van der Waals surface area contributed by atoms with E-state index in [1.165, 1.54) is 7.11 Å². The third-order valence-corrected chi connectivity index (χ3v) is 5.40. The third kappa shape index (κ3) is 3.33. The second-order valence-corrected chi connectivity index (χ2v) is 8.56. The number of carbonyl (C=O) groups excluding carboxylic acids is 1. The van der Waals surface area contributed by atoms with Crippen LogP contribution >= 0.6 is 0 Å². The molecule has 0 bridgehead atoms. The van der Waals surface area contributed by atoms with Crippen molar-refractivity contribution in [3.63, 3.8) is 0 Å². The molecule has 3 rings (SSSR count). The number of methoxy groups -OCH3 is 2. The Labute approximate surface area is 155 Å². The summed E-state index contributed by atoms with van der Waals surface area (Å²) in [5.74, 6) is 2.14. The largest absolute Gasteiger partial charge is 0.497 e. The lowest BCUT2D eigenvalue weighted by Crippen LogP contribution is -2.27. The molecule has 1 N–H and O–H groups in total. The van der Waals surface area contributed by atoms with Crippen molar-refractivity contribution in [1.29, 1.82) is 0 Å². The minimum atomic E-state index is -0.972. The minimum absolute atomic E-state index is 0.310. The summed E-state index contributed by atoms with van der Waals surface area (Å²) in [7, 11) is 2.09. The van der Waals surface area contributed by atoms with Crippen LogP contribution in [0.15, 0.2) is 18.2 Å². The first-order valence-electron chi connectivity index (χ1n) is 8.24. The van der Waals surface area contributed by atoms with Gasteiger partial charge in [-0.25, -0.2) is 4.68 Å². The van der Waals surface area contributed by atoms with E-state index in [4.69, 9.17) is 9.47 Å². The molecule has 0 saturated carbocycles. The van der Waals surface area contributed by atoms with Crippen molar-refractivity contribution in [2.45, 2.75) is 37.8 Å². The molecule has 1 amide bonds. The summed E-state index contributed by atoms with van der Waals surface area (Å²) >= 11 is 0. The Morgan fingerprint density at radius 2 is 1.96 bits per heavy atom. The fourth-order valence-corrected chi connectivity index (χ4v) is 4.17. The van der Waals surface area contributed by atoms with Gasteiger partial charge in [0.05, 0.1) is 42.5 Å². The summed E-state index contributed by atoms with van der Waals surface area (Å²) in [5.41, 5.74) is 1.70. The van der Waals surface area contributed by atoms with E-state index in [0.29, 0.717) is 34.4 Å². The van der Waals surface area contributed by atoms with E-state index in [9.17, 15) is 9.00 Å². The number of rotatable bonds is 4. The van der Waals surface area contributed by atoms with Gasteiger partial charge in [-0.2, -0.15) is 5.10 Å². The molecule has 1 aromatic carbocycles. The second-order valence-electron chi connectivity index (χ2n) is 7.11. The molecule has 1 aliphatic heterocycles. The van der Waals surface area contributed by atoms with Crippen molar-refractivity contribution in [2.75, 3.05) is 19.5 Å². The highest BCUT2D eigenvalue weighted by molar-refractivity contribution is 7.83. The molecule has 0 spiro atoms. The van der Waals surface area contributed by atoms with Crippen LogP contribution in [0.4, 0.5) is 5.82 Å². The molecule has 1 aliphatic rings. The number of hydrogen-bond acceptors (Lipinski definition) is 5. The molecule has 2 aromatic rings. The van der Waals surface area contributed by atoms with Crippen LogP contribution in [0.2, 0.25) is 0 Å². The van der Waals surface area contributed by atoms with Gasteiger partial charge < -0.3 is 14.8 Å². The molecule has 140 valence electrons. The Bertz CT molecular complexity index is 883. The minimum Gasteiger partial charge on any atom is -0.497 e. The van der Waals surface area contributed by atoms with Crippen LogP contribution in [-0.4, -0.2) is 34.1 Å². The van der Waals surface area contributed by atoms with E-state index in [1.807, 2.05) is 20.8 Å². The van der Waals surface area contributed by atoms with Gasteiger partial charge in [0.25, 0.3) is 5.91 Å². The molecular formula is C18H23N3O4S. The fourth-order valence-electron chi connectivity index (χ4n) is 2.90. The van der Waals surface area contributed by atoms with Crippen molar-refractivity contribution < 1.29 is 18.5 Å². The topological polar surface area (TPSA) is 82.5 Å². The molecule has 2 heterocycles. The number of fused-ring (bicyclic) bond motifs is 1. The summed E-state index contributed by atoms with van der Waals surface area (Å²) in [5, 5.41) is 7.54. The Hall–Kier alpha value is -2.35. The van der Waals surface area contributed by atoms with Crippen LogP contribution in [0.5, 0.6) is 11.5 Å². The number of amides is 1. The first-order chi connectivity index (χ1) is 12.2. The van der Waals surface area contributed by atoms with Crippen molar-refractivity contribution in [3.05, 3.63) is 35.0 Å². The van der Waals surface area contributed by atoms with Gasteiger partial charge >= 0.3 is 0 Å². The molecule has 26 heavy (non-hydrogen) atoms. The molecular weight excluding hydrogens is 354 g/mol. The number of aromatic nitrogens is 2. The molecule has 8 heteroatoms. The predicted molar refractivity (Wildman–Crippen MR) is 100 cm³/mol. The van der Waals surface area contributed by atoms with Crippen molar-refractivity contribution >= 4 is 22.5 Å². The normalized spacial score (nSPS) is 16.3. The zero-order valence-electron chi connectivity index (χ0n) is 15.6. The number of benzene rings is 1. The van der Waals surface area contributed by atoms with Gasteiger partial charge in [-0.05, 0) is 32.9 Å². The highest BCUT2D eigenvalue weighted by atomic mass is 32.2. The lowest BCUT2D eigenvalue weighted by molar-refractivity contribution is 0.102. The Balaban J connectivity index is 1.99. The number of hydrogen-bond donors (Lipinski definition) is 1. The molecule has 0 saturated heterocycles. The summed E-state index contributed by atoms with van der Waals surface area (Å²) in [6.45, 7) is 6.03. The van der Waals surface area contributed by atoms with Gasteiger partial charge in [-0.3, -0.25) is 9.00 Å². The van der Waals surface area contributed by atoms with Crippen LogP contribution < -0.4 is 14.8 Å². The maximum Gasteiger partial charge on any atom is 0.260 e. The smallest absolute Gasteiger partial charge is 0.260 e.